The molecule has 4 aromatic rings. The van der Waals surface area contributed by atoms with Gasteiger partial charge in [-0.15, -0.1) is 0 Å². The van der Waals surface area contributed by atoms with Crippen molar-refractivity contribution < 1.29 is 37.0 Å². The molecule has 2 aliphatic rings. The molecule has 0 aliphatic carbocycles. The van der Waals surface area contributed by atoms with E-state index >= 15 is 0 Å². The van der Waals surface area contributed by atoms with Crippen molar-refractivity contribution in [1.29, 1.82) is 0 Å². The first-order valence-electron chi connectivity index (χ1n) is 13.9. The van der Waals surface area contributed by atoms with Crippen LogP contribution in [0.4, 0.5) is 24.5 Å². The van der Waals surface area contributed by atoms with E-state index in [1.54, 1.807) is 36.4 Å². The molecule has 3 unspecified atom stereocenters. The second-order valence-electron chi connectivity index (χ2n) is 10.8. The Balaban J connectivity index is 1.44. The van der Waals surface area contributed by atoms with E-state index in [1.165, 1.54) is 24.9 Å². The molecular weight excluding hydrogens is 643 g/mol. The van der Waals surface area contributed by atoms with Crippen LogP contribution in [-0.2, 0) is 27.1 Å². The maximum atomic E-state index is 14.1. The molecule has 6 rings (SSSR count). The lowest BCUT2D eigenvalue weighted by molar-refractivity contribution is -0.137. The van der Waals surface area contributed by atoms with E-state index in [2.05, 4.69) is 5.32 Å². The van der Waals surface area contributed by atoms with Crippen molar-refractivity contribution in [2.45, 2.75) is 35.8 Å². The van der Waals surface area contributed by atoms with Crippen molar-refractivity contribution in [3.8, 4) is 11.5 Å². The minimum Gasteiger partial charge on any atom is -0.493 e. The summed E-state index contributed by atoms with van der Waals surface area (Å²) in [5.41, 5.74) is 0.795. The standard InChI is InChI=1S/C32H26F3N3O6S2/c1-16-6-4-8-19(12-16)36-23(39)15-37-30-27(46-31(37)42)24(17-10-11-21(43-2)22(13-17)44-3)25-26(45-30)29(41)38(28(25)40)20-9-5-7-18(14-20)32(33,34)35/h4-14,24-26H,15H2,1-3H3,(H,36,39). The van der Waals surface area contributed by atoms with Gasteiger partial charge in [0.15, 0.2) is 11.5 Å². The highest BCUT2D eigenvalue weighted by molar-refractivity contribution is 8.00. The molecule has 1 saturated heterocycles. The Labute approximate surface area is 268 Å². The molecule has 3 aromatic carbocycles. The fraction of sp³-hybridized carbons (Fsp3) is 0.250. The third kappa shape index (κ3) is 5.55. The molecule has 3 amide bonds. The van der Waals surface area contributed by atoms with Gasteiger partial charge in [0.25, 0.3) is 0 Å². The Hall–Kier alpha value is -4.56. The van der Waals surface area contributed by atoms with Crippen molar-refractivity contribution in [1.82, 2.24) is 4.57 Å². The molecule has 46 heavy (non-hydrogen) atoms. The minimum absolute atomic E-state index is 0.204. The summed E-state index contributed by atoms with van der Waals surface area (Å²) in [5.74, 6) is -3.06. The molecule has 14 heteroatoms. The second-order valence-corrected chi connectivity index (χ2v) is 12.9. The van der Waals surface area contributed by atoms with E-state index in [4.69, 9.17) is 9.47 Å². The molecule has 3 atom stereocenters. The van der Waals surface area contributed by atoms with Crippen LogP contribution in [-0.4, -0.2) is 41.8 Å². The number of benzene rings is 3. The van der Waals surface area contributed by atoms with Crippen LogP contribution in [0.1, 0.15) is 27.5 Å². The molecule has 0 bridgehead atoms. The number of nitrogens with one attached hydrogen (secondary N) is 1. The van der Waals surface area contributed by atoms with E-state index in [0.717, 1.165) is 51.8 Å². The van der Waals surface area contributed by atoms with Crippen LogP contribution in [0.5, 0.6) is 11.5 Å². The van der Waals surface area contributed by atoms with Gasteiger partial charge in [0.1, 0.15) is 11.8 Å². The number of hydrogen-bond donors (Lipinski definition) is 1. The number of rotatable bonds is 7. The topological polar surface area (TPSA) is 107 Å². The van der Waals surface area contributed by atoms with Crippen LogP contribution >= 0.6 is 23.1 Å². The summed E-state index contributed by atoms with van der Waals surface area (Å²) < 4.78 is 52.8. The molecule has 0 radical (unpaired) electrons. The van der Waals surface area contributed by atoms with Crippen molar-refractivity contribution >= 4 is 52.2 Å². The Kier molecular flexibility index (Phi) is 8.19. The van der Waals surface area contributed by atoms with Gasteiger partial charge >= 0.3 is 11.0 Å². The number of thioether (sulfide) groups is 1. The summed E-state index contributed by atoms with van der Waals surface area (Å²) in [5, 5.41) is 2.02. The number of imide groups is 1. The van der Waals surface area contributed by atoms with E-state index in [-0.39, 0.29) is 12.2 Å². The molecule has 9 nitrogen and oxygen atoms in total. The van der Waals surface area contributed by atoms with Crippen LogP contribution in [0.3, 0.4) is 0 Å². The maximum Gasteiger partial charge on any atom is 0.416 e. The lowest BCUT2D eigenvalue weighted by Gasteiger charge is -2.31. The average Bonchev–Trinajstić information content (AvgIpc) is 3.46. The number of amides is 3. The molecule has 238 valence electrons. The zero-order chi connectivity index (χ0) is 32.9. The summed E-state index contributed by atoms with van der Waals surface area (Å²) in [6.45, 7) is 1.51. The molecule has 2 aliphatic heterocycles. The fourth-order valence-corrected chi connectivity index (χ4v) is 8.58. The third-order valence-corrected chi connectivity index (χ3v) is 10.5. The number of methoxy groups -OCH3 is 2. The van der Waals surface area contributed by atoms with Crippen LogP contribution in [0, 0.1) is 12.8 Å². The number of halogens is 3. The largest absolute Gasteiger partial charge is 0.493 e. The summed E-state index contributed by atoms with van der Waals surface area (Å²) >= 11 is 1.82. The lowest BCUT2D eigenvalue weighted by atomic mass is 9.83. The van der Waals surface area contributed by atoms with Crippen LogP contribution in [0.15, 0.2) is 76.6 Å². The lowest BCUT2D eigenvalue weighted by Crippen LogP contribution is -2.33. The van der Waals surface area contributed by atoms with Gasteiger partial charge in [-0.2, -0.15) is 13.2 Å². The molecule has 3 heterocycles. The normalized spacial score (nSPS) is 19.1. The van der Waals surface area contributed by atoms with Crippen molar-refractivity contribution in [2.75, 3.05) is 24.4 Å². The van der Waals surface area contributed by atoms with Crippen molar-refractivity contribution in [2.24, 2.45) is 5.92 Å². The minimum atomic E-state index is -4.69. The predicted octanol–water partition coefficient (Wildman–Crippen LogP) is 5.69. The monoisotopic (exact) mass is 669 g/mol. The number of thiazole rings is 1. The highest BCUT2D eigenvalue weighted by atomic mass is 32.2. The third-order valence-electron chi connectivity index (χ3n) is 7.85. The second kappa shape index (κ2) is 12.0. The number of aryl methyl sites for hydroxylation is 1. The summed E-state index contributed by atoms with van der Waals surface area (Å²) in [7, 11) is 2.90. The van der Waals surface area contributed by atoms with Gasteiger partial charge in [-0.05, 0) is 60.5 Å². The van der Waals surface area contributed by atoms with Gasteiger partial charge < -0.3 is 14.8 Å². The Morgan fingerprint density at radius 1 is 0.935 bits per heavy atom. The molecular formula is C32H26F3N3O6S2. The van der Waals surface area contributed by atoms with Crippen molar-refractivity contribution in [3.05, 3.63) is 98.0 Å². The van der Waals surface area contributed by atoms with E-state index in [0.29, 0.717) is 32.7 Å². The van der Waals surface area contributed by atoms with Gasteiger partial charge in [-0.25, -0.2) is 4.90 Å². The van der Waals surface area contributed by atoms with Gasteiger partial charge in [0, 0.05) is 16.5 Å². The van der Waals surface area contributed by atoms with Crippen LogP contribution in [0.2, 0.25) is 0 Å². The van der Waals surface area contributed by atoms with E-state index in [9.17, 15) is 32.3 Å². The SMILES string of the molecule is COc1ccc(C2c3sc(=O)n(CC(=O)Nc4cccc(C)c4)c3SC3C(=O)N(c4cccc(C(F)(F)F)c4)C(=O)C32)cc1OC. The Bertz CT molecular complexity index is 1940. The van der Waals surface area contributed by atoms with Crippen molar-refractivity contribution in [3.63, 3.8) is 0 Å². The number of anilines is 2. The molecule has 0 spiro atoms. The Morgan fingerprint density at radius 3 is 2.37 bits per heavy atom. The first kappa shape index (κ1) is 31.4. The van der Waals surface area contributed by atoms with Gasteiger partial charge in [-0.3, -0.25) is 23.7 Å². The molecule has 0 saturated carbocycles. The summed E-state index contributed by atoms with van der Waals surface area (Å²) in [4.78, 5) is 55.3. The van der Waals surface area contributed by atoms with E-state index < -0.39 is 51.4 Å². The number of alkyl halides is 3. The van der Waals surface area contributed by atoms with E-state index in [1.807, 2.05) is 13.0 Å². The van der Waals surface area contributed by atoms with Gasteiger partial charge in [0.2, 0.25) is 17.7 Å². The first-order chi connectivity index (χ1) is 21.9. The predicted molar refractivity (Wildman–Crippen MR) is 167 cm³/mol. The smallest absolute Gasteiger partial charge is 0.416 e. The van der Waals surface area contributed by atoms with Gasteiger partial charge in [-0.1, -0.05) is 47.4 Å². The fourth-order valence-electron chi connectivity index (χ4n) is 5.80. The van der Waals surface area contributed by atoms with Crippen LogP contribution < -0.4 is 24.6 Å². The number of aromatic nitrogens is 1. The average molecular weight is 670 g/mol. The number of carbonyl (C=O) groups is 3. The van der Waals surface area contributed by atoms with Gasteiger partial charge in [0.05, 0.1) is 36.4 Å². The zero-order valence-electron chi connectivity index (χ0n) is 24.6. The number of hydrogen-bond acceptors (Lipinski definition) is 8. The summed E-state index contributed by atoms with van der Waals surface area (Å²) in [6.07, 6.45) is -4.69. The number of fused-ring (bicyclic) bond motifs is 2. The highest BCUT2D eigenvalue weighted by Gasteiger charge is 2.57. The first-order valence-corrected chi connectivity index (χ1v) is 15.6. The maximum absolute atomic E-state index is 14.1. The molecule has 1 fully saturated rings. The summed E-state index contributed by atoms with van der Waals surface area (Å²) in [6, 6.07) is 16.2. The Morgan fingerprint density at radius 2 is 1.67 bits per heavy atom. The number of carbonyl (C=O) groups excluding carboxylic acids is 3. The molecule has 1 N–H and O–H groups in total. The number of nitrogens with zero attached hydrogens (tertiary/aromatic N) is 2. The number of ether oxygens (including phenoxy) is 2. The van der Waals surface area contributed by atoms with Crippen LogP contribution in [0.25, 0.3) is 0 Å². The quantitative estimate of drug-likeness (QED) is 0.252. The zero-order valence-corrected chi connectivity index (χ0v) is 26.2. The highest BCUT2D eigenvalue weighted by Crippen LogP contribution is 2.54. The molecule has 1 aromatic heterocycles.